The summed E-state index contributed by atoms with van der Waals surface area (Å²) >= 11 is 6.06. The Bertz CT molecular complexity index is 1300. The van der Waals surface area contributed by atoms with Gasteiger partial charge in [-0.25, -0.2) is 0 Å². The Hall–Kier alpha value is -3.25. The van der Waals surface area contributed by atoms with Crippen LogP contribution in [0.1, 0.15) is 135 Å². The Labute approximate surface area is 259 Å². The second kappa shape index (κ2) is 16.6. The van der Waals surface area contributed by atoms with Gasteiger partial charge in [0, 0.05) is 29.0 Å². The normalized spacial score (nSPS) is 18.4. The first kappa shape index (κ1) is 32.7. The van der Waals surface area contributed by atoms with Gasteiger partial charge in [-0.05, 0) is 68.1 Å². The number of allylic oxidation sites excluding steroid dienone is 2. The maximum absolute atomic E-state index is 13.7. The Morgan fingerprint density at radius 3 is 1.72 bits per heavy atom. The molecule has 2 aliphatic carbocycles. The monoisotopic (exact) mass is 606 g/mol. The molecule has 6 nitrogen and oxygen atoms in total. The summed E-state index contributed by atoms with van der Waals surface area (Å²) in [5.41, 5.74) is 2.29. The molecule has 0 spiro atoms. The molecule has 0 heterocycles. The van der Waals surface area contributed by atoms with Crippen LogP contribution in [0.5, 0.6) is 0 Å². The summed E-state index contributed by atoms with van der Waals surface area (Å²) in [7, 11) is 0. The molecule has 0 bridgehead atoms. The molecule has 230 valence electrons. The zero-order valence-corrected chi connectivity index (χ0v) is 25.7. The van der Waals surface area contributed by atoms with Crippen molar-refractivity contribution in [2.45, 2.75) is 109 Å². The van der Waals surface area contributed by atoms with Crippen LogP contribution >= 0.6 is 11.6 Å². The van der Waals surface area contributed by atoms with E-state index >= 15 is 0 Å². The van der Waals surface area contributed by atoms with E-state index in [0.29, 0.717) is 34.1 Å². The molecule has 43 heavy (non-hydrogen) atoms. The van der Waals surface area contributed by atoms with Crippen LogP contribution in [-0.4, -0.2) is 28.6 Å². The van der Waals surface area contributed by atoms with Gasteiger partial charge >= 0.3 is 11.9 Å². The van der Waals surface area contributed by atoms with E-state index < -0.39 is 11.9 Å². The lowest BCUT2D eigenvalue weighted by Crippen LogP contribution is -2.30. The highest BCUT2D eigenvalue weighted by Gasteiger charge is 2.39. The van der Waals surface area contributed by atoms with Crippen LogP contribution in [0.2, 0.25) is 5.02 Å². The van der Waals surface area contributed by atoms with Crippen LogP contribution < -0.4 is 0 Å². The second-order valence-corrected chi connectivity index (χ2v) is 12.4. The average molecular weight is 607 g/mol. The first-order valence-electron chi connectivity index (χ1n) is 16.0. The van der Waals surface area contributed by atoms with Gasteiger partial charge in [0.15, 0.2) is 11.5 Å². The number of carboxylic acid groups (broad SMARTS) is 1. The number of aliphatic carboxylic acids is 1. The van der Waals surface area contributed by atoms with Gasteiger partial charge in [-0.3, -0.25) is 19.2 Å². The minimum absolute atomic E-state index is 0.0630. The van der Waals surface area contributed by atoms with Crippen LogP contribution in [0, 0.1) is 5.92 Å². The summed E-state index contributed by atoms with van der Waals surface area (Å²) in [5.74, 6) is -1.58. The number of esters is 1. The quantitative estimate of drug-likeness (QED) is 0.151. The molecule has 1 fully saturated rings. The number of fused-ring (bicyclic) bond motifs is 1. The predicted octanol–water partition coefficient (Wildman–Crippen LogP) is 9.26. The number of hydrogen-bond donors (Lipinski definition) is 1. The average Bonchev–Trinajstić information content (AvgIpc) is 3.01. The van der Waals surface area contributed by atoms with Crippen molar-refractivity contribution < 1.29 is 29.0 Å². The summed E-state index contributed by atoms with van der Waals surface area (Å²) in [6, 6.07) is 14.7. The van der Waals surface area contributed by atoms with E-state index in [1.165, 1.54) is 5.56 Å². The largest absolute Gasteiger partial charge is 0.481 e. The lowest BCUT2D eigenvalue weighted by atomic mass is 9.72. The molecule has 0 unspecified atom stereocenters. The van der Waals surface area contributed by atoms with E-state index in [-0.39, 0.29) is 36.1 Å². The number of hydrogen-bond acceptors (Lipinski definition) is 5. The first-order chi connectivity index (χ1) is 20.8. The SMILES string of the molecule is O=C(O)CCCCCCCCCCCCC(=O)OC1=C([C@H]2CC[C@H](c3ccc(Cl)cc3)CC2)C(=O)c2ccccc2C1=O. The number of Topliss-reactive ketones (excluding diaryl/α,β-unsaturated/α-hetero) is 2. The number of ether oxygens (including phenoxy) is 1. The minimum Gasteiger partial charge on any atom is -0.481 e. The van der Waals surface area contributed by atoms with Crippen molar-refractivity contribution in [3.05, 3.63) is 81.6 Å². The van der Waals surface area contributed by atoms with E-state index in [4.69, 9.17) is 21.4 Å². The van der Waals surface area contributed by atoms with E-state index in [9.17, 15) is 19.2 Å². The molecule has 7 heteroatoms. The zero-order valence-electron chi connectivity index (χ0n) is 25.0. The Morgan fingerprint density at radius 1 is 0.674 bits per heavy atom. The number of benzene rings is 2. The highest BCUT2D eigenvalue weighted by molar-refractivity contribution is 6.30. The van der Waals surface area contributed by atoms with E-state index in [0.717, 1.165) is 83.5 Å². The van der Waals surface area contributed by atoms with Gasteiger partial charge < -0.3 is 9.84 Å². The molecule has 0 radical (unpaired) electrons. The number of ketones is 2. The fourth-order valence-electron chi connectivity index (χ4n) is 6.42. The molecule has 2 aromatic carbocycles. The van der Waals surface area contributed by atoms with Gasteiger partial charge in [0.1, 0.15) is 0 Å². The molecule has 4 rings (SSSR count). The van der Waals surface area contributed by atoms with E-state index in [1.54, 1.807) is 24.3 Å². The van der Waals surface area contributed by atoms with Gasteiger partial charge in [0.2, 0.25) is 5.78 Å². The summed E-state index contributed by atoms with van der Waals surface area (Å²) in [6.07, 6.45) is 13.6. The standard InChI is InChI=1S/C36H43ClO6/c37-28-23-21-26(22-24-28)25-17-19-27(20-18-25)33-34(41)29-13-11-12-14-30(29)35(42)36(33)43-32(40)16-10-8-6-4-2-1-3-5-7-9-15-31(38)39/h11-14,21-25,27H,1-10,15-20H2,(H,38,39)/t25-,27-. The Balaban J connectivity index is 1.28. The lowest BCUT2D eigenvalue weighted by Gasteiger charge is -2.32. The smallest absolute Gasteiger partial charge is 0.311 e. The van der Waals surface area contributed by atoms with Crippen molar-refractivity contribution >= 4 is 35.1 Å². The fraction of sp³-hybridized carbons (Fsp3) is 0.500. The Kier molecular flexibility index (Phi) is 12.6. The molecule has 0 aromatic heterocycles. The maximum atomic E-state index is 13.7. The molecular formula is C36H43ClO6. The van der Waals surface area contributed by atoms with Crippen LogP contribution in [-0.2, 0) is 14.3 Å². The van der Waals surface area contributed by atoms with Crippen LogP contribution in [0.15, 0.2) is 59.9 Å². The van der Waals surface area contributed by atoms with Crippen molar-refractivity contribution in [2.75, 3.05) is 0 Å². The molecule has 1 N–H and O–H groups in total. The molecule has 2 aromatic rings. The second-order valence-electron chi connectivity index (χ2n) is 12.0. The molecule has 0 saturated heterocycles. The Morgan fingerprint density at radius 2 is 1.16 bits per heavy atom. The van der Waals surface area contributed by atoms with Gasteiger partial charge in [-0.2, -0.15) is 0 Å². The fourth-order valence-corrected chi connectivity index (χ4v) is 6.55. The third kappa shape index (κ3) is 9.37. The van der Waals surface area contributed by atoms with Crippen molar-refractivity contribution in [1.29, 1.82) is 0 Å². The number of halogens is 1. The highest BCUT2D eigenvalue weighted by Crippen LogP contribution is 2.42. The third-order valence-electron chi connectivity index (χ3n) is 8.83. The van der Waals surface area contributed by atoms with Crippen molar-refractivity contribution in [3.63, 3.8) is 0 Å². The summed E-state index contributed by atoms with van der Waals surface area (Å²) in [6.45, 7) is 0. The summed E-state index contributed by atoms with van der Waals surface area (Å²) in [4.78, 5) is 50.7. The van der Waals surface area contributed by atoms with Crippen molar-refractivity contribution in [3.8, 4) is 0 Å². The molecular weight excluding hydrogens is 564 g/mol. The van der Waals surface area contributed by atoms with Gasteiger partial charge in [0.25, 0.3) is 0 Å². The number of rotatable bonds is 16. The van der Waals surface area contributed by atoms with E-state index in [2.05, 4.69) is 12.1 Å². The lowest BCUT2D eigenvalue weighted by molar-refractivity contribution is -0.139. The summed E-state index contributed by atoms with van der Waals surface area (Å²) < 4.78 is 5.75. The number of carbonyl (C=O) groups is 4. The van der Waals surface area contributed by atoms with Crippen LogP contribution in [0.25, 0.3) is 0 Å². The molecule has 0 amide bonds. The molecule has 1 saturated carbocycles. The van der Waals surface area contributed by atoms with Gasteiger partial charge in [-0.15, -0.1) is 0 Å². The van der Waals surface area contributed by atoms with Gasteiger partial charge in [0.05, 0.1) is 5.57 Å². The highest BCUT2D eigenvalue weighted by atomic mass is 35.5. The third-order valence-corrected chi connectivity index (χ3v) is 9.08. The predicted molar refractivity (Wildman–Crippen MR) is 167 cm³/mol. The maximum Gasteiger partial charge on any atom is 0.311 e. The molecule has 0 atom stereocenters. The molecule has 2 aliphatic rings. The van der Waals surface area contributed by atoms with Crippen molar-refractivity contribution in [2.24, 2.45) is 5.92 Å². The summed E-state index contributed by atoms with van der Waals surface area (Å²) in [5, 5.41) is 9.39. The van der Waals surface area contributed by atoms with Crippen LogP contribution in [0.3, 0.4) is 0 Å². The number of unbranched alkanes of at least 4 members (excludes halogenated alkanes) is 9. The minimum atomic E-state index is -0.724. The number of carbonyl (C=O) groups excluding carboxylic acids is 3. The first-order valence-corrected chi connectivity index (χ1v) is 16.3. The molecule has 0 aliphatic heterocycles. The number of carboxylic acids is 1. The van der Waals surface area contributed by atoms with Crippen molar-refractivity contribution in [1.82, 2.24) is 0 Å². The van der Waals surface area contributed by atoms with Gasteiger partial charge in [-0.1, -0.05) is 99.4 Å². The van der Waals surface area contributed by atoms with E-state index in [1.807, 2.05) is 12.1 Å². The zero-order chi connectivity index (χ0) is 30.6. The van der Waals surface area contributed by atoms with Crippen LogP contribution in [0.4, 0.5) is 0 Å². The topological polar surface area (TPSA) is 97.7 Å².